The number of hydrogen-bond donors (Lipinski definition) is 1. The minimum Gasteiger partial charge on any atom is -0.318 e. The maximum atomic E-state index is 13.2. The number of likely N-dealkylation sites (N-methyl/N-ethyl adjacent to an activating group) is 1. The molecule has 0 aromatic heterocycles. The van der Waals surface area contributed by atoms with E-state index in [1.54, 1.807) is 4.31 Å². The van der Waals surface area contributed by atoms with Crippen molar-refractivity contribution in [2.45, 2.75) is 51.5 Å². The summed E-state index contributed by atoms with van der Waals surface area (Å²) in [5, 5.41) is 3.11. The normalized spacial score (nSPS) is 19.2. The Hall–Kier alpha value is -0.620. The van der Waals surface area contributed by atoms with Gasteiger partial charge in [0, 0.05) is 19.1 Å². The summed E-state index contributed by atoms with van der Waals surface area (Å²) < 4.78 is 28.0. The van der Waals surface area contributed by atoms with Crippen LogP contribution in [0, 0.1) is 27.7 Å². The molecular weight excluding hydrogens is 320 g/mol. The first-order valence-electron chi connectivity index (χ1n) is 7.54. The van der Waals surface area contributed by atoms with Gasteiger partial charge in [-0.3, -0.25) is 0 Å². The van der Waals surface area contributed by atoms with Crippen LogP contribution in [0.25, 0.3) is 0 Å². The van der Waals surface area contributed by atoms with Gasteiger partial charge in [0.15, 0.2) is 0 Å². The Labute approximate surface area is 140 Å². The number of aryl methyl sites for hydroxylation is 2. The van der Waals surface area contributed by atoms with Crippen molar-refractivity contribution in [1.29, 1.82) is 0 Å². The monoisotopic (exact) mass is 346 g/mol. The topological polar surface area (TPSA) is 49.4 Å². The third kappa shape index (κ3) is 3.32. The quantitative estimate of drug-likeness (QED) is 0.912. The van der Waals surface area contributed by atoms with Gasteiger partial charge in [-0.1, -0.05) is 6.07 Å². The van der Waals surface area contributed by atoms with E-state index in [2.05, 4.69) is 11.4 Å². The molecule has 1 fully saturated rings. The standard InChI is InChI=1S/C16H26N2O2S.ClH/c1-11-9-12(2)14(4)16(13(11)3)21(19,20)18-8-6-7-15(18)10-17-5;/h9,15,17H,6-8,10H2,1-5H3;1H. The summed E-state index contributed by atoms with van der Waals surface area (Å²) in [6.07, 6.45) is 1.87. The van der Waals surface area contributed by atoms with Gasteiger partial charge in [-0.15, -0.1) is 12.4 Å². The SMILES string of the molecule is CNCC1CCCN1S(=O)(=O)c1c(C)c(C)cc(C)c1C.Cl. The molecule has 1 aromatic carbocycles. The van der Waals surface area contributed by atoms with Gasteiger partial charge in [0.05, 0.1) is 4.90 Å². The lowest BCUT2D eigenvalue weighted by Gasteiger charge is -2.26. The molecule has 4 nitrogen and oxygen atoms in total. The van der Waals surface area contributed by atoms with E-state index in [1.807, 2.05) is 34.7 Å². The van der Waals surface area contributed by atoms with E-state index in [0.29, 0.717) is 18.0 Å². The van der Waals surface area contributed by atoms with E-state index in [9.17, 15) is 8.42 Å². The second kappa shape index (κ2) is 7.30. The van der Waals surface area contributed by atoms with Crippen LogP contribution in [0.5, 0.6) is 0 Å². The second-order valence-corrected chi connectivity index (χ2v) is 7.89. The molecule has 0 bridgehead atoms. The molecule has 22 heavy (non-hydrogen) atoms. The number of benzene rings is 1. The molecule has 1 saturated heterocycles. The number of halogens is 1. The lowest BCUT2D eigenvalue weighted by molar-refractivity contribution is 0.378. The fourth-order valence-corrected chi connectivity index (χ4v) is 5.52. The van der Waals surface area contributed by atoms with Crippen molar-refractivity contribution >= 4 is 22.4 Å². The molecule has 6 heteroatoms. The molecule has 1 atom stereocenters. The molecule has 0 spiro atoms. The first-order chi connectivity index (χ1) is 9.80. The molecule has 1 heterocycles. The molecule has 1 aliphatic rings. The van der Waals surface area contributed by atoms with Crippen LogP contribution >= 0.6 is 12.4 Å². The van der Waals surface area contributed by atoms with Gasteiger partial charge in [0.25, 0.3) is 0 Å². The Morgan fingerprint density at radius 2 is 1.73 bits per heavy atom. The van der Waals surface area contributed by atoms with Crippen LogP contribution < -0.4 is 5.32 Å². The van der Waals surface area contributed by atoms with Crippen LogP contribution in [-0.4, -0.2) is 38.9 Å². The van der Waals surface area contributed by atoms with Gasteiger partial charge in [-0.2, -0.15) is 4.31 Å². The highest BCUT2D eigenvalue weighted by Crippen LogP contribution is 2.32. The Balaban J connectivity index is 0.00000242. The van der Waals surface area contributed by atoms with Crippen molar-refractivity contribution in [3.8, 4) is 0 Å². The summed E-state index contributed by atoms with van der Waals surface area (Å²) in [7, 11) is -1.55. The van der Waals surface area contributed by atoms with Crippen LogP contribution in [0.4, 0.5) is 0 Å². The average Bonchev–Trinajstić information content (AvgIpc) is 2.86. The van der Waals surface area contributed by atoms with E-state index in [1.165, 1.54) is 0 Å². The predicted molar refractivity (Wildman–Crippen MR) is 93.5 cm³/mol. The highest BCUT2D eigenvalue weighted by atomic mass is 35.5. The minimum atomic E-state index is -3.42. The van der Waals surface area contributed by atoms with Gasteiger partial charge in [-0.25, -0.2) is 8.42 Å². The van der Waals surface area contributed by atoms with Gasteiger partial charge in [0.2, 0.25) is 10.0 Å². The predicted octanol–water partition coefficient (Wildman–Crippen LogP) is 2.71. The van der Waals surface area contributed by atoms with Crippen molar-refractivity contribution in [3.05, 3.63) is 28.3 Å². The summed E-state index contributed by atoms with van der Waals surface area (Å²) in [5.74, 6) is 0. The molecule has 1 unspecified atom stereocenters. The van der Waals surface area contributed by atoms with Gasteiger partial charge in [-0.05, 0) is 69.8 Å². The average molecular weight is 347 g/mol. The van der Waals surface area contributed by atoms with Crippen LogP contribution in [0.15, 0.2) is 11.0 Å². The fourth-order valence-electron chi connectivity index (χ4n) is 3.25. The summed E-state index contributed by atoms with van der Waals surface area (Å²) in [5.41, 5.74) is 3.85. The van der Waals surface area contributed by atoms with E-state index in [0.717, 1.165) is 35.1 Å². The Kier molecular flexibility index (Phi) is 6.45. The van der Waals surface area contributed by atoms with E-state index in [4.69, 9.17) is 0 Å². The van der Waals surface area contributed by atoms with Crippen molar-refractivity contribution in [2.75, 3.05) is 20.1 Å². The van der Waals surface area contributed by atoms with Gasteiger partial charge in [0.1, 0.15) is 0 Å². The largest absolute Gasteiger partial charge is 0.318 e. The molecular formula is C16H27ClN2O2S. The second-order valence-electron chi connectivity index (χ2n) is 6.06. The number of nitrogens with one attached hydrogen (secondary N) is 1. The molecule has 1 aromatic rings. The van der Waals surface area contributed by atoms with Crippen molar-refractivity contribution < 1.29 is 8.42 Å². The number of hydrogen-bond acceptors (Lipinski definition) is 3. The lowest BCUT2D eigenvalue weighted by Crippen LogP contribution is -2.41. The number of rotatable bonds is 4. The third-order valence-corrected chi connectivity index (χ3v) is 6.85. The van der Waals surface area contributed by atoms with Crippen LogP contribution in [0.1, 0.15) is 35.1 Å². The van der Waals surface area contributed by atoms with E-state index < -0.39 is 10.0 Å². The smallest absolute Gasteiger partial charge is 0.243 e. The van der Waals surface area contributed by atoms with Gasteiger partial charge >= 0.3 is 0 Å². The molecule has 0 saturated carbocycles. The highest BCUT2D eigenvalue weighted by Gasteiger charge is 2.36. The van der Waals surface area contributed by atoms with Crippen LogP contribution in [0.2, 0.25) is 0 Å². The first kappa shape index (κ1) is 19.4. The summed E-state index contributed by atoms with van der Waals surface area (Å²) in [6.45, 7) is 9.13. The zero-order valence-corrected chi connectivity index (χ0v) is 15.7. The van der Waals surface area contributed by atoms with E-state index >= 15 is 0 Å². The van der Waals surface area contributed by atoms with Crippen LogP contribution in [0.3, 0.4) is 0 Å². The summed E-state index contributed by atoms with van der Waals surface area (Å²) in [4.78, 5) is 0.517. The van der Waals surface area contributed by atoms with Crippen molar-refractivity contribution in [1.82, 2.24) is 9.62 Å². The highest BCUT2D eigenvalue weighted by molar-refractivity contribution is 7.89. The number of sulfonamides is 1. The van der Waals surface area contributed by atoms with Crippen molar-refractivity contribution in [3.63, 3.8) is 0 Å². The zero-order chi connectivity index (χ0) is 15.8. The summed E-state index contributed by atoms with van der Waals surface area (Å²) >= 11 is 0. The molecule has 0 aliphatic carbocycles. The third-order valence-electron chi connectivity index (χ3n) is 4.63. The zero-order valence-electron chi connectivity index (χ0n) is 14.1. The lowest BCUT2D eigenvalue weighted by atomic mass is 10.0. The van der Waals surface area contributed by atoms with E-state index in [-0.39, 0.29) is 18.4 Å². The molecule has 1 N–H and O–H groups in total. The van der Waals surface area contributed by atoms with Gasteiger partial charge < -0.3 is 5.32 Å². The maximum Gasteiger partial charge on any atom is 0.243 e. The maximum absolute atomic E-state index is 13.2. The molecule has 0 amide bonds. The molecule has 1 aliphatic heterocycles. The fraction of sp³-hybridized carbons (Fsp3) is 0.625. The molecule has 2 rings (SSSR count). The Bertz CT molecular complexity index is 618. The minimum absolute atomic E-state index is 0. The Morgan fingerprint density at radius 3 is 2.23 bits per heavy atom. The van der Waals surface area contributed by atoms with Crippen LogP contribution in [-0.2, 0) is 10.0 Å². The Morgan fingerprint density at radius 1 is 1.18 bits per heavy atom. The molecule has 126 valence electrons. The first-order valence-corrected chi connectivity index (χ1v) is 8.98. The summed E-state index contributed by atoms with van der Waals surface area (Å²) in [6, 6.07) is 2.14. The number of nitrogens with zero attached hydrogens (tertiary/aromatic N) is 1. The van der Waals surface area contributed by atoms with Crippen molar-refractivity contribution in [2.24, 2.45) is 0 Å². The molecule has 0 radical (unpaired) electrons.